The van der Waals surface area contributed by atoms with Crippen molar-refractivity contribution >= 4 is 12.6 Å². The first-order chi connectivity index (χ1) is 9.66. The molecule has 0 atom stereocenters. The third kappa shape index (κ3) is 4.45. The number of benzene rings is 1. The van der Waals surface area contributed by atoms with Gasteiger partial charge < -0.3 is 25.0 Å². The first-order valence-corrected chi connectivity index (χ1v) is 6.88. The van der Waals surface area contributed by atoms with E-state index in [4.69, 9.17) is 14.8 Å². The molecule has 5 nitrogen and oxygen atoms in total. The Bertz CT molecular complexity index is 428. The van der Waals surface area contributed by atoms with Gasteiger partial charge in [0.1, 0.15) is 0 Å². The molecular weight excluding hydrogens is 262 g/mol. The summed E-state index contributed by atoms with van der Waals surface area (Å²) in [5.41, 5.74) is 0.121. The second-order valence-electron chi connectivity index (χ2n) is 4.86. The molecule has 7 heteroatoms. The molecule has 20 heavy (non-hydrogen) atoms. The van der Waals surface area contributed by atoms with Gasteiger partial charge in [-0.2, -0.15) is 0 Å². The van der Waals surface area contributed by atoms with Gasteiger partial charge in [-0.05, 0) is 24.0 Å². The molecule has 0 saturated carbocycles. The van der Waals surface area contributed by atoms with Crippen molar-refractivity contribution in [1.82, 2.24) is 10.2 Å². The van der Waals surface area contributed by atoms with E-state index in [1.165, 1.54) is 12.1 Å². The van der Waals surface area contributed by atoms with Crippen LogP contribution in [0.2, 0.25) is 0 Å². The van der Waals surface area contributed by atoms with Crippen LogP contribution in [0.15, 0.2) is 18.2 Å². The highest BCUT2D eigenvalue weighted by Crippen LogP contribution is 2.15. The van der Waals surface area contributed by atoms with Crippen molar-refractivity contribution in [2.45, 2.75) is 6.42 Å². The summed E-state index contributed by atoms with van der Waals surface area (Å²) in [4.78, 5) is 2.35. The second-order valence-corrected chi connectivity index (χ2v) is 4.86. The van der Waals surface area contributed by atoms with Gasteiger partial charge in [-0.25, -0.2) is 4.39 Å². The molecule has 1 aromatic carbocycles. The number of piperazine rings is 1. The van der Waals surface area contributed by atoms with Crippen molar-refractivity contribution in [3.63, 3.8) is 0 Å². The molecule has 0 unspecified atom stereocenters. The van der Waals surface area contributed by atoms with Gasteiger partial charge in [-0.1, -0.05) is 6.07 Å². The average Bonchev–Trinajstić information content (AvgIpc) is 2.46. The summed E-state index contributed by atoms with van der Waals surface area (Å²) in [6.45, 7) is 5.49. The zero-order chi connectivity index (χ0) is 14.4. The highest BCUT2D eigenvalue weighted by Gasteiger charge is 2.14. The summed E-state index contributed by atoms with van der Waals surface area (Å²) < 4.78 is 19.0. The van der Waals surface area contributed by atoms with Gasteiger partial charge in [0, 0.05) is 32.7 Å². The van der Waals surface area contributed by atoms with Crippen molar-refractivity contribution in [3.05, 3.63) is 24.0 Å². The quantitative estimate of drug-likeness (QED) is 0.470. The minimum Gasteiger partial charge on any atom is -0.490 e. The Morgan fingerprint density at radius 1 is 1.30 bits per heavy atom. The van der Waals surface area contributed by atoms with Crippen LogP contribution in [0.3, 0.4) is 0 Å². The van der Waals surface area contributed by atoms with Gasteiger partial charge in [0.25, 0.3) is 0 Å². The molecule has 0 bridgehead atoms. The minimum absolute atomic E-state index is 0.121. The maximum absolute atomic E-state index is 13.6. The summed E-state index contributed by atoms with van der Waals surface area (Å²) in [5.74, 6) is -0.424. The largest absolute Gasteiger partial charge is 0.490 e. The molecule has 1 aliphatic rings. The smallest absolute Gasteiger partial charge is 0.488 e. The van der Waals surface area contributed by atoms with E-state index < -0.39 is 12.9 Å². The fourth-order valence-electron chi connectivity index (χ4n) is 2.20. The lowest BCUT2D eigenvalue weighted by molar-refractivity contribution is 0.211. The van der Waals surface area contributed by atoms with Crippen LogP contribution >= 0.6 is 0 Å². The van der Waals surface area contributed by atoms with Crippen molar-refractivity contribution < 1.29 is 19.2 Å². The summed E-state index contributed by atoms with van der Waals surface area (Å²) in [7, 11) is -1.66. The Kier molecular flexibility index (Phi) is 5.78. The Morgan fingerprint density at radius 2 is 2.05 bits per heavy atom. The van der Waals surface area contributed by atoms with E-state index in [2.05, 4.69) is 10.2 Å². The van der Waals surface area contributed by atoms with Gasteiger partial charge in [0.05, 0.1) is 6.61 Å². The average molecular weight is 282 g/mol. The molecule has 0 aliphatic carbocycles. The van der Waals surface area contributed by atoms with Crippen LogP contribution in [0.25, 0.3) is 0 Å². The minimum atomic E-state index is -1.66. The van der Waals surface area contributed by atoms with Crippen LogP contribution in [0.1, 0.15) is 6.42 Å². The van der Waals surface area contributed by atoms with E-state index >= 15 is 0 Å². The fraction of sp³-hybridized carbons (Fsp3) is 0.538. The number of hydrogen-bond acceptors (Lipinski definition) is 5. The van der Waals surface area contributed by atoms with Crippen LogP contribution in [0.5, 0.6) is 5.75 Å². The van der Waals surface area contributed by atoms with E-state index in [1.54, 1.807) is 0 Å². The zero-order valence-corrected chi connectivity index (χ0v) is 11.4. The first-order valence-electron chi connectivity index (χ1n) is 6.88. The van der Waals surface area contributed by atoms with Crippen molar-refractivity contribution in [1.29, 1.82) is 0 Å². The first kappa shape index (κ1) is 15.2. The standard InChI is InChI=1S/C13H20BFN2O3/c15-12-10-11(14(18)19)2-3-13(12)20-9-1-6-17-7-4-16-5-8-17/h2-3,10,16,18-19H,1,4-9H2. The lowest BCUT2D eigenvalue weighted by Gasteiger charge is -2.26. The Morgan fingerprint density at radius 3 is 2.70 bits per heavy atom. The summed E-state index contributed by atoms with van der Waals surface area (Å²) in [5, 5.41) is 21.2. The molecule has 1 aliphatic heterocycles. The van der Waals surface area contributed by atoms with E-state index in [-0.39, 0.29) is 11.2 Å². The zero-order valence-electron chi connectivity index (χ0n) is 11.4. The SMILES string of the molecule is OB(O)c1ccc(OCCCN2CCNCC2)c(F)c1. The van der Waals surface area contributed by atoms with Gasteiger partial charge in [0.15, 0.2) is 11.6 Å². The third-order valence-corrected chi connectivity index (χ3v) is 3.34. The Labute approximate surface area is 118 Å². The topological polar surface area (TPSA) is 65.0 Å². The lowest BCUT2D eigenvalue weighted by Crippen LogP contribution is -2.44. The van der Waals surface area contributed by atoms with Crippen LogP contribution in [0.4, 0.5) is 4.39 Å². The molecule has 0 aromatic heterocycles. The van der Waals surface area contributed by atoms with E-state index in [0.29, 0.717) is 6.61 Å². The highest BCUT2D eigenvalue weighted by molar-refractivity contribution is 6.58. The molecule has 0 amide bonds. The van der Waals surface area contributed by atoms with Gasteiger partial charge in [-0.3, -0.25) is 0 Å². The van der Waals surface area contributed by atoms with Gasteiger partial charge in [-0.15, -0.1) is 0 Å². The number of nitrogens with zero attached hydrogens (tertiary/aromatic N) is 1. The molecule has 3 N–H and O–H groups in total. The van der Waals surface area contributed by atoms with Crippen LogP contribution in [0, 0.1) is 5.82 Å². The summed E-state index contributed by atoms with van der Waals surface area (Å²) in [6.07, 6.45) is 0.837. The monoisotopic (exact) mass is 282 g/mol. The number of halogens is 1. The molecule has 110 valence electrons. The van der Waals surface area contributed by atoms with E-state index in [0.717, 1.165) is 45.2 Å². The number of nitrogens with one attached hydrogen (secondary N) is 1. The van der Waals surface area contributed by atoms with Crippen LogP contribution < -0.4 is 15.5 Å². The normalized spacial score (nSPS) is 16.1. The van der Waals surface area contributed by atoms with Crippen molar-refractivity contribution in [2.24, 2.45) is 0 Å². The molecule has 1 aromatic rings. The van der Waals surface area contributed by atoms with E-state index in [1.807, 2.05) is 0 Å². The molecule has 1 heterocycles. The van der Waals surface area contributed by atoms with Gasteiger partial charge >= 0.3 is 7.12 Å². The molecule has 2 rings (SSSR count). The van der Waals surface area contributed by atoms with Crippen molar-refractivity contribution in [2.75, 3.05) is 39.3 Å². The third-order valence-electron chi connectivity index (χ3n) is 3.34. The van der Waals surface area contributed by atoms with Crippen LogP contribution in [-0.4, -0.2) is 61.4 Å². The van der Waals surface area contributed by atoms with Crippen molar-refractivity contribution in [3.8, 4) is 5.75 Å². The lowest BCUT2D eigenvalue weighted by atomic mass is 9.80. The summed E-state index contributed by atoms with van der Waals surface area (Å²) >= 11 is 0. The Balaban J connectivity index is 1.73. The molecule has 1 saturated heterocycles. The number of ether oxygens (including phenoxy) is 1. The van der Waals surface area contributed by atoms with E-state index in [9.17, 15) is 4.39 Å². The maximum Gasteiger partial charge on any atom is 0.488 e. The highest BCUT2D eigenvalue weighted by atomic mass is 19.1. The molecular formula is C13H20BFN2O3. The molecule has 0 spiro atoms. The predicted molar refractivity (Wildman–Crippen MR) is 75.6 cm³/mol. The number of rotatable bonds is 6. The molecule has 0 radical (unpaired) electrons. The second kappa shape index (κ2) is 7.59. The Hall–Kier alpha value is -1.15. The summed E-state index contributed by atoms with van der Waals surface area (Å²) in [6, 6.07) is 3.95. The molecule has 1 fully saturated rings. The predicted octanol–water partition coefficient (Wildman–Crippen LogP) is -0.820. The maximum atomic E-state index is 13.6. The number of hydrogen-bond donors (Lipinski definition) is 3. The van der Waals surface area contributed by atoms with Crippen LogP contribution in [-0.2, 0) is 0 Å². The fourth-order valence-corrected chi connectivity index (χ4v) is 2.20. The van der Waals surface area contributed by atoms with Gasteiger partial charge in [0.2, 0.25) is 0 Å².